The van der Waals surface area contributed by atoms with Crippen molar-refractivity contribution in [1.82, 2.24) is 4.90 Å². The van der Waals surface area contributed by atoms with Crippen molar-refractivity contribution >= 4 is 0 Å². The molecule has 2 fully saturated rings. The lowest BCUT2D eigenvalue weighted by Crippen LogP contribution is -2.35. The van der Waals surface area contributed by atoms with Gasteiger partial charge in [0.25, 0.3) is 0 Å². The van der Waals surface area contributed by atoms with Gasteiger partial charge in [-0.1, -0.05) is 123 Å². The summed E-state index contributed by atoms with van der Waals surface area (Å²) < 4.78 is 0. The zero-order valence-electron chi connectivity index (χ0n) is 25.0. The smallest absolute Gasteiger partial charge is 0.00189 e. The van der Waals surface area contributed by atoms with Crippen molar-refractivity contribution in [3.63, 3.8) is 0 Å². The van der Waals surface area contributed by atoms with Crippen LogP contribution in [0.4, 0.5) is 0 Å². The SMILES string of the molecule is CC(C)(C)C.CC(C)(C)CC1CCC1.CCC(C)(C)C.CN1CCC(C(C)(C)C)CC1. The highest BCUT2D eigenvalue weighted by Gasteiger charge is 2.27. The number of piperidine rings is 1. The van der Waals surface area contributed by atoms with E-state index in [1.54, 1.807) is 0 Å². The summed E-state index contributed by atoms with van der Waals surface area (Å²) in [4.78, 5) is 2.43. The first-order chi connectivity index (χ1) is 13.6. The second-order valence-corrected chi connectivity index (χ2v) is 15.4. The van der Waals surface area contributed by atoms with Gasteiger partial charge in [-0.15, -0.1) is 0 Å². The Kier molecular flexibility index (Phi) is 15.3. The van der Waals surface area contributed by atoms with Crippen LogP contribution in [0.3, 0.4) is 0 Å². The highest BCUT2D eigenvalue weighted by Crippen LogP contribution is 2.36. The Bertz CT molecular complexity index is 403. The number of hydrogen-bond donors (Lipinski definition) is 0. The molecule has 0 aromatic rings. The van der Waals surface area contributed by atoms with Crippen LogP contribution >= 0.6 is 0 Å². The molecule has 1 saturated carbocycles. The molecule has 0 aromatic carbocycles. The molecule has 190 valence electrons. The van der Waals surface area contributed by atoms with Crippen molar-refractivity contribution in [1.29, 1.82) is 0 Å². The van der Waals surface area contributed by atoms with E-state index < -0.39 is 0 Å². The Labute approximate surface area is 200 Å². The standard InChI is InChI=1S/C10H21N.C9H18.C6H14.C5H12/c1-10(2,3)9-5-7-11(4)8-6-9;1-9(2,3)7-8-5-4-6-8;1-5-6(2,3)4;1-5(2,3)4/h9H,5-8H2,1-4H3;8H,4-7H2,1-3H3;5H2,1-4H3;1-4H3. The van der Waals surface area contributed by atoms with E-state index in [9.17, 15) is 0 Å². The summed E-state index contributed by atoms with van der Waals surface area (Å²) in [5, 5.41) is 0. The topological polar surface area (TPSA) is 3.24 Å². The van der Waals surface area contributed by atoms with Gasteiger partial charge in [0.2, 0.25) is 0 Å². The minimum absolute atomic E-state index is 0.500. The summed E-state index contributed by atoms with van der Waals surface area (Å²) in [7, 11) is 2.22. The van der Waals surface area contributed by atoms with Gasteiger partial charge in [0, 0.05) is 0 Å². The molecule has 0 radical (unpaired) electrons. The molecular formula is C30H65N. The lowest BCUT2D eigenvalue weighted by atomic mass is 9.74. The molecular weight excluding hydrogens is 374 g/mol. The quantitative estimate of drug-likeness (QED) is 0.392. The third-order valence-electron chi connectivity index (χ3n) is 6.13. The molecule has 1 nitrogen and oxygen atoms in total. The van der Waals surface area contributed by atoms with Crippen LogP contribution in [0.15, 0.2) is 0 Å². The van der Waals surface area contributed by atoms with Gasteiger partial charge in [0.1, 0.15) is 0 Å². The van der Waals surface area contributed by atoms with E-state index in [2.05, 4.69) is 109 Å². The lowest BCUT2D eigenvalue weighted by molar-refractivity contribution is 0.129. The molecule has 0 unspecified atom stereocenters. The van der Waals surface area contributed by atoms with Gasteiger partial charge >= 0.3 is 0 Å². The zero-order valence-corrected chi connectivity index (χ0v) is 25.0. The molecule has 0 N–H and O–H groups in total. The van der Waals surface area contributed by atoms with Crippen LogP contribution in [0.5, 0.6) is 0 Å². The molecule has 0 amide bonds. The summed E-state index contributed by atoms with van der Waals surface area (Å²) in [6, 6.07) is 0. The molecule has 0 bridgehead atoms. The summed E-state index contributed by atoms with van der Waals surface area (Å²) >= 11 is 0. The van der Waals surface area contributed by atoms with E-state index in [0.29, 0.717) is 21.7 Å². The molecule has 1 heteroatoms. The van der Waals surface area contributed by atoms with E-state index in [-0.39, 0.29) is 0 Å². The lowest BCUT2D eigenvalue weighted by Gasteiger charge is -2.37. The van der Waals surface area contributed by atoms with E-state index >= 15 is 0 Å². The van der Waals surface area contributed by atoms with Crippen molar-refractivity contribution in [3.05, 3.63) is 0 Å². The van der Waals surface area contributed by atoms with Crippen LogP contribution in [0.1, 0.15) is 142 Å². The highest BCUT2D eigenvalue weighted by atomic mass is 15.1. The molecule has 0 atom stereocenters. The van der Waals surface area contributed by atoms with Crippen molar-refractivity contribution < 1.29 is 0 Å². The second kappa shape index (κ2) is 14.3. The van der Waals surface area contributed by atoms with Gasteiger partial charge < -0.3 is 4.90 Å². The number of rotatable bonds is 1. The van der Waals surface area contributed by atoms with Crippen molar-refractivity contribution in [2.45, 2.75) is 142 Å². The van der Waals surface area contributed by atoms with E-state index in [0.717, 1.165) is 11.8 Å². The van der Waals surface area contributed by atoms with Crippen molar-refractivity contribution in [2.24, 2.45) is 33.5 Å². The fourth-order valence-corrected chi connectivity index (χ4v) is 3.44. The van der Waals surface area contributed by atoms with Crippen LogP contribution in [-0.4, -0.2) is 25.0 Å². The summed E-state index contributed by atoms with van der Waals surface area (Å²) in [5.41, 5.74) is 2.15. The fraction of sp³-hybridized carbons (Fsp3) is 1.00. The minimum Gasteiger partial charge on any atom is -0.306 e. The van der Waals surface area contributed by atoms with Gasteiger partial charge in [-0.2, -0.15) is 0 Å². The Morgan fingerprint density at radius 1 is 0.645 bits per heavy atom. The van der Waals surface area contributed by atoms with Crippen molar-refractivity contribution in [2.75, 3.05) is 20.1 Å². The predicted molar refractivity (Wildman–Crippen MR) is 146 cm³/mol. The summed E-state index contributed by atoms with van der Waals surface area (Å²) in [6.07, 6.45) is 9.97. The monoisotopic (exact) mass is 440 g/mol. The third-order valence-corrected chi connectivity index (χ3v) is 6.13. The number of nitrogens with zero attached hydrogens (tertiary/aromatic N) is 1. The molecule has 2 aliphatic rings. The molecule has 0 spiro atoms. The van der Waals surface area contributed by atoms with Gasteiger partial charge in [-0.05, 0) is 72.9 Å². The summed E-state index contributed by atoms with van der Waals surface area (Å²) in [5.74, 6) is 2.02. The molecule has 1 heterocycles. The van der Waals surface area contributed by atoms with E-state index in [4.69, 9.17) is 0 Å². The number of likely N-dealkylation sites (tertiary alicyclic amines) is 1. The van der Waals surface area contributed by atoms with Gasteiger partial charge in [0.05, 0.1) is 0 Å². The second-order valence-electron chi connectivity index (χ2n) is 15.4. The summed E-state index contributed by atoms with van der Waals surface area (Å²) in [6.45, 7) is 34.4. The van der Waals surface area contributed by atoms with Crippen molar-refractivity contribution in [3.8, 4) is 0 Å². The van der Waals surface area contributed by atoms with Crippen LogP contribution in [-0.2, 0) is 0 Å². The molecule has 31 heavy (non-hydrogen) atoms. The van der Waals surface area contributed by atoms with Gasteiger partial charge in [0.15, 0.2) is 0 Å². The average Bonchev–Trinajstić information content (AvgIpc) is 2.49. The maximum atomic E-state index is 2.43. The predicted octanol–water partition coefficient (Wildman–Crippen LogP) is 10.1. The Balaban J connectivity index is 0. The normalized spacial score (nSPS) is 19.1. The molecule has 1 aliphatic carbocycles. The zero-order chi connectivity index (χ0) is 25.1. The maximum absolute atomic E-state index is 2.43. The van der Waals surface area contributed by atoms with Crippen LogP contribution in [0.2, 0.25) is 0 Å². The molecule has 1 saturated heterocycles. The average molecular weight is 440 g/mol. The van der Waals surface area contributed by atoms with E-state index in [1.165, 1.54) is 58.0 Å². The first kappa shape index (κ1) is 33.1. The molecule has 2 rings (SSSR count). The molecule has 1 aliphatic heterocycles. The van der Waals surface area contributed by atoms with Crippen LogP contribution in [0, 0.1) is 33.5 Å². The minimum atomic E-state index is 0.500. The molecule has 0 aromatic heterocycles. The van der Waals surface area contributed by atoms with Crippen LogP contribution in [0.25, 0.3) is 0 Å². The Morgan fingerprint density at radius 3 is 1.16 bits per heavy atom. The fourth-order valence-electron chi connectivity index (χ4n) is 3.44. The first-order valence-electron chi connectivity index (χ1n) is 13.3. The maximum Gasteiger partial charge on any atom is -0.00189 e. The number of hydrogen-bond acceptors (Lipinski definition) is 1. The third kappa shape index (κ3) is 26.1. The van der Waals surface area contributed by atoms with Gasteiger partial charge in [-0.3, -0.25) is 0 Å². The largest absolute Gasteiger partial charge is 0.306 e. The Morgan fingerprint density at radius 2 is 1.00 bits per heavy atom. The van der Waals surface area contributed by atoms with E-state index in [1.807, 2.05) is 0 Å². The van der Waals surface area contributed by atoms with Gasteiger partial charge in [-0.25, -0.2) is 0 Å². The first-order valence-corrected chi connectivity index (χ1v) is 13.3. The van der Waals surface area contributed by atoms with Crippen LogP contribution < -0.4 is 0 Å². The Hall–Kier alpha value is -0.0400. The highest BCUT2D eigenvalue weighted by molar-refractivity contribution is 4.79.